The van der Waals surface area contributed by atoms with E-state index >= 15 is 0 Å². The number of nitrogens with one attached hydrogen (secondary N) is 1. The number of methoxy groups -OCH3 is 1. The highest BCUT2D eigenvalue weighted by Crippen LogP contribution is 2.35. The molecule has 2 aliphatic rings. The van der Waals surface area contributed by atoms with E-state index in [1.807, 2.05) is 34.6 Å². The fourth-order valence-electron chi connectivity index (χ4n) is 6.91. The molecule has 1 aromatic carbocycles. The van der Waals surface area contributed by atoms with Crippen molar-refractivity contribution in [1.29, 1.82) is 0 Å². The van der Waals surface area contributed by atoms with Crippen LogP contribution in [0, 0.1) is 18.6 Å². The minimum atomic E-state index is -0.670. The monoisotopic (exact) mass is 685 g/mol. The Bertz CT molecular complexity index is 2260. The molecule has 5 aromatic heterocycles. The molecule has 0 spiro atoms. The van der Waals surface area contributed by atoms with Gasteiger partial charge in [0.25, 0.3) is 0 Å². The number of carbonyl (C=O) groups is 1. The smallest absolute Gasteiger partial charge is 0.245 e. The minimum Gasteiger partial charge on any atom is -0.378 e. The zero-order valence-corrected chi connectivity index (χ0v) is 27.4. The molecule has 49 heavy (non-hydrogen) atoms. The van der Waals surface area contributed by atoms with Crippen molar-refractivity contribution in [2.24, 2.45) is 0 Å². The molecule has 3 atom stereocenters. The molecule has 16 heteroatoms. The Balaban J connectivity index is 1.24. The number of imidazole rings is 1. The molecule has 0 radical (unpaired) electrons. The van der Waals surface area contributed by atoms with Crippen LogP contribution in [0.5, 0.6) is 0 Å². The third kappa shape index (κ3) is 5.38. The molecule has 0 aliphatic carbocycles. The average Bonchev–Trinajstić information content (AvgIpc) is 3.78. The van der Waals surface area contributed by atoms with Crippen molar-refractivity contribution >= 4 is 51.2 Å². The van der Waals surface area contributed by atoms with Crippen LogP contribution in [-0.2, 0) is 16.1 Å². The number of rotatable bonds is 3. The number of ether oxygens (including phenoxy) is 1. The van der Waals surface area contributed by atoms with Crippen molar-refractivity contribution in [2.75, 3.05) is 37.5 Å². The molecule has 4 bridgehead atoms. The maximum atomic E-state index is 14.9. The summed E-state index contributed by atoms with van der Waals surface area (Å²) in [6, 6.07) is 8.96. The molecule has 0 unspecified atom stereocenters. The number of benzene rings is 1. The Morgan fingerprint density at radius 1 is 1.04 bits per heavy atom. The van der Waals surface area contributed by atoms with Gasteiger partial charge in [-0.05, 0) is 49.2 Å². The van der Waals surface area contributed by atoms with Crippen LogP contribution in [0.25, 0.3) is 39.0 Å². The van der Waals surface area contributed by atoms with Gasteiger partial charge in [-0.3, -0.25) is 9.78 Å². The minimum absolute atomic E-state index is 0.0847. The topological polar surface area (TPSA) is 132 Å². The number of aromatic nitrogens is 8. The van der Waals surface area contributed by atoms with E-state index in [0.717, 1.165) is 11.7 Å². The van der Waals surface area contributed by atoms with Gasteiger partial charge in [0.15, 0.2) is 11.5 Å². The van der Waals surface area contributed by atoms with Gasteiger partial charge in [0.05, 0.1) is 47.2 Å². The summed E-state index contributed by atoms with van der Waals surface area (Å²) >= 11 is 6.48. The Labute approximate surface area is 283 Å². The molecular weight excluding hydrogens is 656 g/mol. The molecule has 250 valence electrons. The lowest BCUT2D eigenvalue weighted by molar-refractivity contribution is -0.132. The number of hydrogen-bond donors (Lipinski definition) is 1. The molecule has 7 heterocycles. The van der Waals surface area contributed by atoms with E-state index in [4.69, 9.17) is 21.3 Å². The van der Waals surface area contributed by atoms with Gasteiger partial charge >= 0.3 is 0 Å². The molecule has 1 saturated heterocycles. The Kier molecular flexibility index (Phi) is 7.60. The van der Waals surface area contributed by atoms with Crippen molar-refractivity contribution in [3.8, 4) is 16.9 Å². The molecular formula is C33H30ClF2N11O2. The number of pyridine rings is 2. The van der Waals surface area contributed by atoms with Crippen LogP contribution >= 0.6 is 11.6 Å². The summed E-state index contributed by atoms with van der Waals surface area (Å²) in [6.45, 7) is 2.82. The van der Waals surface area contributed by atoms with Gasteiger partial charge < -0.3 is 24.4 Å². The number of nitrogens with zero attached hydrogens (tertiary/aromatic N) is 10. The standard InChI is InChI=1S/C33H30ClF2N11O2/c1-17-39-25-10-18(35)9-21-24-5-4-6-28(41-24)40-19-11-27(32(48)44(2)15-20(49-3)16-45(17)29(21)25)46(14-19)30-22-12-38-47(31(22)43-33(34)42-30)26-7-8-37-13-23(26)36/h4-10,12-13,19-20,27H,11,14-16H2,1-3H3,(H,40,41)/t19-,20-,27-/m0/s1. The Morgan fingerprint density at radius 2 is 1.90 bits per heavy atom. The summed E-state index contributed by atoms with van der Waals surface area (Å²) in [6.07, 6.45) is 4.06. The quantitative estimate of drug-likeness (QED) is 0.267. The first-order valence-electron chi connectivity index (χ1n) is 15.6. The lowest BCUT2D eigenvalue weighted by Gasteiger charge is -2.31. The number of anilines is 2. The lowest BCUT2D eigenvalue weighted by Crippen LogP contribution is -2.47. The first-order chi connectivity index (χ1) is 23.7. The number of aryl methyl sites for hydroxylation is 1. The van der Waals surface area contributed by atoms with Crippen LogP contribution in [0.3, 0.4) is 0 Å². The fourth-order valence-corrected chi connectivity index (χ4v) is 7.07. The Hall–Kier alpha value is -5.28. The van der Waals surface area contributed by atoms with Gasteiger partial charge in [-0.2, -0.15) is 15.1 Å². The highest BCUT2D eigenvalue weighted by Gasteiger charge is 2.41. The number of likely N-dealkylation sites (N-methyl/N-ethyl adjacent to an activating group) is 1. The molecule has 1 fully saturated rings. The van der Waals surface area contributed by atoms with E-state index in [-0.39, 0.29) is 35.1 Å². The summed E-state index contributed by atoms with van der Waals surface area (Å²) in [4.78, 5) is 40.2. The van der Waals surface area contributed by atoms with E-state index in [1.165, 1.54) is 35.3 Å². The summed E-state index contributed by atoms with van der Waals surface area (Å²) in [7, 11) is 3.34. The lowest BCUT2D eigenvalue weighted by atomic mass is 10.1. The highest BCUT2D eigenvalue weighted by atomic mass is 35.5. The zero-order valence-electron chi connectivity index (χ0n) is 26.7. The maximum absolute atomic E-state index is 14.9. The van der Waals surface area contributed by atoms with Gasteiger partial charge in [0, 0.05) is 51.1 Å². The van der Waals surface area contributed by atoms with Gasteiger partial charge in [-0.25, -0.2) is 23.4 Å². The maximum Gasteiger partial charge on any atom is 0.245 e. The summed E-state index contributed by atoms with van der Waals surface area (Å²) in [5.74, 6) is 0.459. The van der Waals surface area contributed by atoms with Crippen molar-refractivity contribution in [3.05, 3.63) is 77.7 Å². The predicted octanol–water partition coefficient (Wildman–Crippen LogP) is 4.41. The van der Waals surface area contributed by atoms with Crippen molar-refractivity contribution in [1.82, 2.24) is 44.2 Å². The van der Waals surface area contributed by atoms with Crippen LogP contribution in [0.4, 0.5) is 20.4 Å². The van der Waals surface area contributed by atoms with Gasteiger partial charge in [-0.15, -0.1) is 0 Å². The molecule has 1 N–H and O–H groups in total. The zero-order chi connectivity index (χ0) is 34.0. The Morgan fingerprint density at radius 3 is 2.71 bits per heavy atom. The van der Waals surface area contributed by atoms with Crippen LogP contribution in [0.15, 0.2) is 55.0 Å². The number of halogens is 3. The highest BCUT2D eigenvalue weighted by molar-refractivity contribution is 6.28. The summed E-state index contributed by atoms with van der Waals surface area (Å²) in [5.41, 5.74) is 2.83. The summed E-state index contributed by atoms with van der Waals surface area (Å²) < 4.78 is 39.0. The van der Waals surface area contributed by atoms with Crippen molar-refractivity contribution in [2.45, 2.75) is 38.1 Å². The largest absolute Gasteiger partial charge is 0.378 e. The predicted molar refractivity (Wildman–Crippen MR) is 179 cm³/mol. The first kappa shape index (κ1) is 31.0. The number of carbonyl (C=O) groups excluding carboxylic acids is 1. The number of hydrogen-bond acceptors (Lipinski definition) is 10. The van der Waals surface area contributed by atoms with Gasteiger partial charge in [0.1, 0.15) is 35.0 Å². The molecule has 0 saturated carbocycles. The first-order valence-corrected chi connectivity index (χ1v) is 16.0. The fraction of sp³-hybridized carbons (Fsp3) is 0.303. The van der Waals surface area contributed by atoms with Gasteiger partial charge in [0.2, 0.25) is 11.2 Å². The SMILES string of the molecule is CO[C@H]1CN(C)C(=O)[C@@H]2C[C@@H](CN2c2nc(Cl)nc3c2cnn3-c2ccncc2F)Nc2cccc(n2)-c2cc(F)cc3nc(C)n(c23)C1. The molecule has 13 nitrogen and oxygen atoms in total. The average molecular weight is 686 g/mol. The van der Waals surface area contributed by atoms with E-state index in [1.54, 1.807) is 19.1 Å². The van der Waals surface area contributed by atoms with Crippen LogP contribution in [0.2, 0.25) is 5.28 Å². The third-order valence-electron chi connectivity index (χ3n) is 9.17. The van der Waals surface area contributed by atoms with Crippen LogP contribution < -0.4 is 10.2 Å². The molecule has 1 amide bonds. The van der Waals surface area contributed by atoms with Crippen molar-refractivity contribution < 1.29 is 18.3 Å². The third-order valence-corrected chi connectivity index (χ3v) is 9.34. The number of fused-ring (bicyclic) bond motifs is 6. The van der Waals surface area contributed by atoms with E-state index < -0.39 is 23.8 Å². The van der Waals surface area contributed by atoms with Crippen LogP contribution in [-0.4, -0.2) is 95.5 Å². The van der Waals surface area contributed by atoms with E-state index in [0.29, 0.717) is 59.1 Å². The molecule has 8 rings (SSSR count). The summed E-state index contributed by atoms with van der Waals surface area (Å²) in [5, 5.41) is 8.31. The number of amides is 1. The normalized spacial score (nSPS) is 19.7. The van der Waals surface area contributed by atoms with Gasteiger partial charge in [-0.1, -0.05) is 6.07 Å². The van der Waals surface area contributed by atoms with E-state index in [2.05, 4.69) is 30.4 Å². The van der Waals surface area contributed by atoms with Crippen LogP contribution in [0.1, 0.15) is 12.2 Å². The second-order valence-corrected chi connectivity index (χ2v) is 12.6. The van der Waals surface area contributed by atoms with E-state index in [9.17, 15) is 13.6 Å². The molecule has 6 aromatic rings. The van der Waals surface area contributed by atoms with Crippen molar-refractivity contribution in [3.63, 3.8) is 0 Å². The second kappa shape index (κ2) is 12.0. The molecule has 2 aliphatic heterocycles. The second-order valence-electron chi connectivity index (χ2n) is 12.3.